The van der Waals surface area contributed by atoms with E-state index in [-0.39, 0.29) is 11.2 Å². The molecule has 1 aliphatic heterocycles. The number of benzene rings is 5. The topological polar surface area (TPSA) is 33.2 Å². The molecule has 0 fully saturated rings. The van der Waals surface area contributed by atoms with Crippen LogP contribution in [0.2, 0.25) is 0 Å². The summed E-state index contributed by atoms with van der Waals surface area (Å²) in [5, 5.41) is 1.14. The lowest BCUT2D eigenvalue weighted by Crippen LogP contribution is -2.15. The molecule has 0 N–H and O–H groups in total. The third-order valence-corrected chi connectivity index (χ3v) is 9.60. The molecule has 0 saturated carbocycles. The molecule has 44 heavy (non-hydrogen) atoms. The van der Waals surface area contributed by atoms with Gasteiger partial charge < -0.3 is 4.90 Å². The van der Waals surface area contributed by atoms with Gasteiger partial charge >= 0.3 is 0 Å². The summed E-state index contributed by atoms with van der Waals surface area (Å²) in [6, 6.07) is 40.6. The highest BCUT2D eigenvalue weighted by molar-refractivity contribution is 7.99. The zero-order valence-electron chi connectivity index (χ0n) is 25.7. The first-order valence-electron chi connectivity index (χ1n) is 15.0. The van der Waals surface area contributed by atoms with E-state index in [2.05, 4.69) is 124 Å². The van der Waals surface area contributed by atoms with Gasteiger partial charge in [0.2, 0.25) is 0 Å². The lowest BCUT2D eigenvalue weighted by Gasteiger charge is -2.33. The van der Waals surface area contributed by atoms with Crippen LogP contribution < -0.4 is 4.90 Å². The van der Waals surface area contributed by atoms with Gasteiger partial charge in [-0.25, -0.2) is 4.98 Å². The van der Waals surface area contributed by atoms with E-state index in [1.807, 2.05) is 24.3 Å². The molecule has 0 bridgehead atoms. The van der Waals surface area contributed by atoms with Crippen LogP contribution >= 0.6 is 11.8 Å². The predicted octanol–water partition coefficient (Wildman–Crippen LogP) is 11.3. The van der Waals surface area contributed by atoms with Gasteiger partial charge in [-0.3, -0.25) is 4.79 Å². The van der Waals surface area contributed by atoms with Gasteiger partial charge in [-0.1, -0.05) is 111 Å². The second-order valence-corrected chi connectivity index (χ2v) is 13.6. The Hall–Kier alpha value is -4.67. The summed E-state index contributed by atoms with van der Waals surface area (Å²) >= 11 is 1.81. The van der Waals surface area contributed by atoms with Gasteiger partial charge in [0.25, 0.3) is 0 Å². The Labute approximate surface area is 263 Å². The number of aromatic nitrogens is 1. The van der Waals surface area contributed by atoms with Gasteiger partial charge in [0.05, 0.1) is 28.3 Å². The number of carbonyl (C=O) groups is 1. The van der Waals surface area contributed by atoms with Crippen molar-refractivity contribution in [2.24, 2.45) is 0 Å². The Morgan fingerprint density at radius 2 is 1.30 bits per heavy atom. The highest BCUT2D eigenvalue weighted by Gasteiger charge is 2.27. The number of fused-ring (bicyclic) bond motifs is 3. The molecular weight excluding hydrogens is 557 g/mol. The summed E-state index contributed by atoms with van der Waals surface area (Å²) < 4.78 is 0. The average Bonchev–Trinajstić information content (AvgIpc) is 3.03. The molecule has 0 amide bonds. The minimum Gasteiger partial charge on any atom is -0.306 e. The summed E-state index contributed by atoms with van der Waals surface area (Å²) in [4.78, 5) is 22.3. The van der Waals surface area contributed by atoms with Crippen LogP contribution in [0.5, 0.6) is 0 Å². The van der Waals surface area contributed by atoms with Crippen molar-refractivity contribution in [2.75, 3.05) is 4.90 Å². The third-order valence-electron chi connectivity index (χ3n) is 8.47. The number of ketones is 1. The zero-order valence-corrected chi connectivity index (χ0v) is 26.5. The van der Waals surface area contributed by atoms with Crippen LogP contribution in [0.1, 0.15) is 49.2 Å². The molecule has 216 valence electrons. The minimum atomic E-state index is 0.0563. The normalized spacial score (nSPS) is 12.6. The van der Waals surface area contributed by atoms with Crippen LogP contribution in [-0.2, 0) is 5.41 Å². The number of para-hydroxylation sites is 2. The Balaban J connectivity index is 1.53. The summed E-state index contributed by atoms with van der Waals surface area (Å²) in [5.74, 6) is 0.0563. The number of rotatable bonds is 4. The fourth-order valence-corrected chi connectivity index (χ4v) is 7.10. The summed E-state index contributed by atoms with van der Waals surface area (Å²) in [6.07, 6.45) is 0. The molecule has 2 heterocycles. The number of carbonyl (C=O) groups excluding carboxylic acids is 1. The van der Waals surface area contributed by atoms with Crippen molar-refractivity contribution < 1.29 is 4.79 Å². The first-order valence-corrected chi connectivity index (χ1v) is 15.8. The standard InChI is InChI=1S/C40H34N2OS/c1-25-14-23-35(42-33-10-6-8-12-36(33)44-37-13-9-7-11-34(37)42)39-38(25)31(28-19-21-30(22-20-28)40(3,4)5)24-32(41-39)29-17-15-27(16-18-29)26(2)43/h6-24H,1-5H3. The number of hydrogen-bond acceptors (Lipinski definition) is 4. The van der Waals surface area contributed by atoms with E-state index < -0.39 is 0 Å². The van der Waals surface area contributed by atoms with Gasteiger partial charge in [-0.05, 0) is 77.9 Å². The number of anilines is 3. The van der Waals surface area contributed by atoms with Crippen LogP contribution in [0, 0.1) is 6.92 Å². The molecule has 5 aromatic carbocycles. The summed E-state index contributed by atoms with van der Waals surface area (Å²) in [6.45, 7) is 10.5. The first-order chi connectivity index (χ1) is 21.2. The molecule has 0 atom stereocenters. The number of nitrogens with zero attached hydrogens (tertiary/aromatic N) is 2. The van der Waals surface area contributed by atoms with Gasteiger partial charge in [0.1, 0.15) is 0 Å². The minimum absolute atomic E-state index is 0.0563. The molecule has 0 spiro atoms. The van der Waals surface area contributed by atoms with E-state index in [1.165, 1.54) is 20.9 Å². The number of aryl methyl sites for hydroxylation is 1. The van der Waals surface area contributed by atoms with Crippen molar-refractivity contribution in [3.63, 3.8) is 0 Å². The summed E-state index contributed by atoms with van der Waals surface area (Å²) in [7, 11) is 0. The summed E-state index contributed by atoms with van der Waals surface area (Å²) in [5.41, 5.74) is 11.7. The first kappa shape index (κ1) is 28.1. The van der Waals surface area contributed by atoms with Crippen molar-refractivity contribution in [3.05, 3.63) is 132 Å². The third kappa shape index (κ3) is 4.89. The Bertz CT molecular complexity index is 2010. The number of Topliss-reactive ketones (excluding diaryl/α,β-unsaturated/α-hetero) is 1. The van der Waals surface area contributed by atoms with Crippen LogP contribution in [0.15, 0.2) is 125 Å². The average molecular weight is 591 g/mol. The molecule has 0 radical (unpaired) electrons. The van der Waals surface area contributed by atoms with Gasteiger partial charge in [0, 0.05) is 26.3 Å². The van der Waals surface area contributed by atoms with Crippen molar-refractivity contribution >= 4 is 45.5 Å². The molecule has 4 heteroatoms. The maximum atomic E-state index is 12.0. The SMILES string of the molecule is CC(=O)c1ccc(-c2cc(-c3ccc(C(C)(C)C)cc3)c3c(C)ccc(N4c5ccccc5Sc5ccccc54)c3n2)cc1. The zero-order chi connectivity index (χ0) is 30.6. The van der Waals surface area contributed by atoms with E-state index in [1.54, 1.807) is 18.7 Å². The van der Waals surface area contributed by atoms with E-state index >= 15 is 0 Å². The van der Waals surface area contributed by atoms with Crippen LogP contribution in [0.25, 0.3) is 33.3 Å². The maximum Gasteiger partial charge on any atom is 0.159 e. The maximum absolute atomic E-state index is 12.0. The molecule has 3 nitrogen and oxygen atoms in total. The quantitative estimate of drug-likeness (QED) is 0.191. The van der Waals surface area contributed by atoms with Crippen molar-refractivity contribution in [3.8, 4) is 22.4 Å². The molecule has 1 aliphatic rings. The van der Waals surface area contributed by atoms with E-state index in [9.17, 15) is 4.79 Å². The molecule has 1 aromatic heterocycles. The van der Waals surface area contributed by atoms with Gasteiger partial charge in [-0.2, -0.15) is 0 Å². The van der Waals surface area contributed by atoms with Crippen molar-refractivity contribution in [1.29, 1.82) is 0 Å². The fourth-order valence-electron chi connectivity index (χ4n) is 6.04. The molecule has 0 saturated heterocycles. The Kier molecular flexibility index (Phi) is 6.90. The number of hydrogen-bond donors (Lipinski definition) is 0. The van der Waals surface area contributed by atoms with Gasteiger partial charge in [-0.15, -0.1) is 0 Å². The lowest BCUT2D eigenvalue weighted by molar-refractivity contribution is 0.101. The Morgan fingerprint density at radius 1 is 0.705 bits per heavy atom. The van der Waals surface area contributed by atoms with E-state index in [0.717, 1.165) is 50.3 Å². The molecule has 0 aliphatic carbocycles. The van der Waals surface area contributed by atoms with Crippen molar-refractivity contribution in [1.82, 2.24) is 4.98 Å². The van der Waals surface area contributed by atoms with E-state index in [4.69, 9.17) is 4.98 Å². The highest BCUT2D eigenvalue weighted by Crippen LogP contribution is 2.53. The fraction of sp³-hybridized carbons (Fsp3) is 0.150. The Morgan fingerprint density at radius 3 is 1.89 bits per heavy atom. The monoisotopic (exact) mass is 590 g/mol. The largest absolute Gasteiger partial charge is 0.306 e. The molecular formula is C40H34N2OS. The molecule has 7 rings (SSSR count). The molecule has 0 unspecified atom stereocenters. The lowest BCUT2D eigenvalue weighted by atomic mass is 9.85. The highest BCUT2D eigenvalue weighted by atomic mass is 32.2. The molecule has 6 aromatic rings. The smallest absolute Gasteiger partial charge is 0.159 e. The van der Waals surface area contributed by atoms with Crippen LogP contribution in [-0.4, -0.2) is 10.8 Å². The number of pyridine rings is 1. The van der Waals surface area contributed by atoms with E-state index in [0.29, 0.717) is 5.56 Å². The second kappa shape index (κ2) is 10.8. The van der Waals surface area contributed by atoms with Crippen LogP contribution in [0.4, 0.5) is 17.1 Å². The van der Waals surface area contributed by atoms with Crippen molar-refractivity contribution in [2.45, 2.75) is 49.8 Å². The second-order valence-electron chi connectivity index (χ2n) is 12.5. The van der Waals surface area contributed by atoms with Crippen LogP contribution in [0.3, 0.4) is 0 Å². The predicted molar refractivity (Wildman–Crippen MR) is 185 cm³/mol. The van der Waals surface area contributed by atoms with Gasteiger partial charge in [0.15, 0.2) is 5.78 Å².